The third kappa shape index (κ3) is 47.5. The van der Waals surface area contributed by atoms with Crippen LogP contribution in [0.2, 0.25) is 0 Å². The number of unbranched alkanes of at least 4 members (excludes halogenated alkanes) is 3. The number of carbonyl (C=O) groups excluding carboxylic acids is 12. The number of rotatable bonds is 63. The number of carbonyl (C=O) groups is 13. The largest absolute Gasteiger partial charge is 0.508 e. The second-order valence-electron chi connectivity index (χ2n) is 27.8. The van der Waals surface area contributed by atoms with E-state index in [4.69, 9.17) is 89.8 Å². The van der Waals surface area contributed by atoms with Crippen molar-refractivity contribution in [2.45, 2.75) is 227 Å². The number of phenols is 1. The fraction of sp³-hybridized carbons (Fsp3) is 0.643. The van der Waals surface area contributed by atoms with Crippen LogP contribution in [-0.2, 0) is 68.7 Å². The van der Waals surface area contributed by atoms with Crippen molar-refractivity contribution >= 4 is 113 Å². The Morgan fingerprint density at radius 3 is 0.822 bits per heavy atom. The standard InChI is InChI=1S/C70H129N33O15/c1-2-3-14-51(64(117)118)103-62(115)49(22-13-36-92-70(85)86)100-59(112)46(19-10-33-89-67(79)80)98-60(113)47(20-11-34-90-68(81)82)101-63(116)50(27-28-52(74)105)102-61(114)48(21-12-35-91-69(83)84)99-58(111)45(18-9-32-88-66(77)78)97-57(110)44(16-5-7-30-72)96-56(109)43(15-4-6-29-71)95-55(108)42(17-8-31-87-65(75)76)94-53(106)38-93-54(107)41(73)37-39-23-25-40(104)26-24-39/h23-26,41-51,104H,2-22,27-38,71-73H2,1H3,(H2,74,105)(H,93,107)(H,94,106)(H,95,108)(H,96,109)(H,97,110)(H,98,113)(H,99,111)(H,100,112)(H,101,116)(H,102,114)(H,103,115)(H,117,118)(H4,75,76,87)(H4,77,78,88)(H4,79,80,89)(H4,81,82,90)(H4,83,84,91)(H4,85,86,92)/t41-,42-,43-,44-,45-,46-,47-,48-,49-,50-,51-/m0/s1. The number of aliphatic carboxylic acids is 1. The highest BCUT2D eigenvalue weighted by Crippen LogP contribution is 2.15. The van der Waals surface area contributed by atoms with Crippen LogP contribution in [0.3, 0.4) is 0 Å². The van der Waals surface area contributed by atoms with Crippen molar-refractivity contribution in [3.05, 3.63) is 29.8 Å². The van der Waals surface area contributed by atoms with E-state index in [1.807, 2.05) is 6.92 Å². The van der Waals surface area contributed by atoms with Crippen LogP contribution in [0.25, 0.3) is 0 Å². The van der Waals surface area contributed by atoms with E-state index in [0.29, 0.717) is 31.2 Å². The molecule has 664 valence electrons. The molecule has 0 bridgehead atoms. The normalized spacial score (nSPS) is 13.6. The molecule has 48 nitrogen and oxygen atoms in total. The number of nitrogens with two attached hydrogens (primary N) is 10. The molecule has 1 aromatic carbocycles. The van der Waals surface area contributed by atoms with Gasteiger partial charge in [0.05, 0.1) is 12.6 Å². The maximum atomic E-state index is 14.9. The summed E-state index contributed by atoms with van der Waals surface area (Å²) in [7, 11) is 0. The van der Waals surface area contributed by atoms with Gasteiger partial charge in [-0.2, -0.15) is 0 Å². The SMILES string of the molecule is CCCC[C@H](NC(=O)[C@H](CCCNC(=N)N)NC(=O)[C@H](CCCNC(=N)N)NC(=O)[C@H](CCCNC(=N)N)NC(=O)[C@H](CCC(N)=O)NC(=O)[C@H](CCCNC(=N)N)NC(=O)[C@H](CCCNC(=N)N)NC(=O)[C@H](CCCCN)NC(=O)[C@H](CCCCN)NC(=O)[C@H](CCCNC(=N)N)NC(=O)CNC(=O)[C@@H](N)Cc1ccc(O)cc1)C(=O)O. The molecule has 0 heterocycles. The van der Waals surface area contributed by atoms with Gasteiger partial charge in [0.2, 0.25) is 70.9 Å². The zero-order valence-electron chi connectivity index (χ0n) is 67.0. The molecule has 0 aliphatic carbocycles. The van der Waals surface area contributed by atoms with Crippen molar-refractivity contribution in [1.82, 2.24) is 90.4 Å². The lowest BCUT2D eigenvalue weighted by molar-refractivity contribution is -0.142. The van der Waals surface area contributed by atoms with Crippen LogP contribution in [0.1, 0.15) is 160 Å². The van der Waals surface area contributed by atoms with Crippen LogP contribution in [0.4, 0.5) is 0 Å². The number of nitrogens with one attached hydrogen (secondary N) is 23. The Morgan fingerprint density at radius 1 is 0.331 bits per heavy atom. The lowest BCUT2D eigenvalue weighted by Crippen LogP contribution is -2.60. The third-order valence-electron chi connectivity index (χ3n) is 17.8. The van der Waals surface area contributed by atoms with Gasteiger partial charge in [-0.1, -0.05) is 31.9 Å². The van der Waals surface area contributed by atoms with E-state index in [1.165, 1.54) is 12.1 Å². The Morgan fingerprint density at radius 2 is 0.576 bits per heavy atom. The predicted octanol–water partition coefficient (Wildman–Crippen LogP) is -9.40. The minimum Gasteiger partial charge on any atom is -0.508 e. The Balaban J connectivity index is 3.96. The van der Waals surface area contributed by atoms with Crippen molar-refractivity contribution in [3.8, 4) is 5.75 Å². The molecule has 1 aromatic rings. The molecule has 118 heavy (non-hydrogen) atoms. The quantitative estimate of drug-likeness (QED) is 0.0164. The summed E-state index contributed by atoms with van der Waals surface area (Å²) >= 11 is 0. The van der Waals surface area contributed by atoms with E-state index in [-0.39, 0.29) is 180 Å². The summed E-state index contributed by atoms with van der Waals surface area (Å²) in [6.07, 6.45) is -0.0944. The molecular weight excluding hydrogens is 1540 g/mol. The topological polar surface area (TPSA) is 870 Å². The van der Waals surface area contributed by atoms with E-state index < -0.39 is 192 Å². The molecule has 0 saturated carbocycles. The molecule has 48 heteroatoms. The minimum atomic E-state index is -1.77. The number of carboxylic acids is 1. The van der Waals surface area contributed by atoms with Gasteiger partial charge in [0.15, 0.2) is 35.8 Å². The number of hydrogen-bond donors (Lipinski definition) is 35. The van der Waals surface area contributed by atoms with Crippen LogP contribution in [0, 0.1) is 32.5 Å². The highest BCUT2D eigenvalue weighted by atomic mass is 16.4. The molecule has 0 saturated heterocycles. The highest BCUT2D eigenvalue weighted by molar-refractivity contribution is 5.99. The van der Waals surface area contributed by atoms with Gasteiger partial charge in [0, 0.05) is 45.7 Å². The van der Waals surface area contributed by atoms with Gasteiger partial charge in [-0.15, -0.1) is 0 Å². The Labute approximate surface area is 684 Å². The fourth-order valence-electron chi connectivity index (χ4n) is 11.5. The fourth-order valence-corrected chi connectivity index (χ4v) is 11.5. The molecule has 0 radical (unpaired) electrons. The first-order valence-electron chi connectivity index (χ1n) is 39.1. The van der Waals surface area contributed by atoms with E-state index in [0.717, 1.165) is 0 Å². The third-order valence-corrected chi connectivity index (χ3v) is 17.8. The lowest BCUT2D eigenvalue weighted by atomic mass is 10.0. The second kappa shape index (κ2) is 59.3. The second-order valence-corrected chi connectivity index (χ2v) is 27.8. The summed E-state index contributed by atoms with van der Waals surface area (Å²) in [5.41, 5.74) is 57.1. The monoisotopic (exact) mass is 1670 g/mol. The predicted molar refractivity (Wildman–Crippen MR) is 438 cm³/mol. The first-order valence-corrected chi connectivity index (χ1v) is 39.1. The van der Waals surface area contributed by atoms with Crippen molar-refractivity contribution in [1.29, 1.82) is 32.5 Å². The van der Waals surface area contributed by atoms with Crippen LogP contribution in [0.15, 0.2) is 24.3 Å². The number of amides is 12. The van der Waals surface area contributed by atoms with Crippen LogP contribution < -0.4 is 148 Å². The van der Waals surface area contributed by atoms with Crippen LogP contribution >= 0.6 is 0 Å². The first kappa shape index (κ1) is 104. The maximum absolute atomic E-state index is 14.9. The van der Waals surface area contributed by atoms with Crippen molar-refractivity contribution in [2.75, 3.05) is 58.9 Å². The summed E-state index contributed by atoms with van der Waals surface area (Å²) in [6.45, 7) is 1.44. The van der Waals surface area contributed by atoms with E-state index >= 15 is 0 Å². The smallest absolute Gasteiger partial charge is 0.326 e. The number of carboxylic acid groups (broad SMARTS) is 1. The zero-order valence-corrected chi connectivity index (χ0v) is 67.0. The molecule has 11 atom stereocenters. The molecule has 0 aromatic heterocycles. The minimum absolute atomic E-state index is 0.00275. The molecule has 0 aliphatic rings. The number of benzene rings is 1. The molecule has 0 aliphatic heterocycles. The van der Waals surface area contributed by atoms with Gasteiger partial charge in [0.1, 0.15) is 66.2 Å². The van der Waals surface area contributed by atoms with Gasteiger partial charge >= 0.3 is 5.97 Å². The van der Waals surface area contributed by atoms with Crippen LogP contribution in [0.5, 0.6) is 5.75 Å². The summed E-state index contributed by atoms with van der Waals surface area (Å²) in [5, 5.41) is 109. The Kier molecular flexibility index (Phi) is 52.1. The lowest BCUT2D eigenvalue weighted by Gasteiger charge is -2.29. The zero-order chi connectivity index (χ0) is 88.7. The molecule has 12 amide bonds. The van der Waals surface area contributed by atoms with Crippen molar-refractivity contribution in [2.24, 2.45) is 57.3 Å². The van der Waals surface area contributed by atoms with Gasteiger partial charge in [-0.05, 0) is 166 Å². The number of hydrogen-bond acceptors (Lipinski definition) is 23. The average Bonchev–Trinajstić information content (AvgIpc) is 0.860. The van der Waals surface area contributed by atoms with Crippen LogP contribution in [-0.4, -0.2) is 248 Å². The molecule has 1 rings (SSSR count). The van der Waals surface area contributed by atoms with Gasteiger partial charge in [-0.3, -0.25) is 90.0 Å². The molecule has 0 fully saturated rings. The van der Waals surface area contributed by atoms with Crippen molar-refractivity contribution < 1.29 is 72.5 Å². The van der Waals surface area contributed by atoms with E-state index in [2.05, 4.69) is 90.4 Å². The number of primary amides is 1. The summed E-state index contributed by atoms with van der Waals surface area (Å²) in [4.78, 5) is 183. The van der Waals surface area contributed by atoms with Gasteiger partial charge < -0.3 is 158 Å². The van der Waals surface area contributed by atoms with Gasteiger partial charge in [0.25, 0.3) is 0 Å². The Bertz CT molecular complexity index is 3450. The summed E-state index contributed by atoms with van der Waals surface area (Å²) in [6, 6.07) is -10.4. The summed E-state index contributed by atoms with van der Waals surface area (Å²) < 4.78 is 0. The van der Waals surface area contributed by atoms with Crippen molar-refractivity contribution in [3.63, 3.8) is 0 Å². The molecule has 0 unspecified atom stereocenters. The number of aromatic hydroxyl groups is 1. The molecular formula is C70H129N33O15. The van der Waals surface area contributed by atoms with Gasteiger partial charge in [-0.25, -0.2) is 4.79 Å². The first-order chi connectivity index (χ1) is 55.9. The molecule has 45 N–H and O–H groups in total. The molecule has 0 spiro atoms. The van der Waals surface area contributed by atoms with E-state index in [1.54, 1.807) is 12.1 Å². The maximum Gasteiger partial charge on any atom is 0.326 e. The average molecular weight is 1670 g/mol. The highest BCUT2D eigenvalue weighted by Gasteiger charge is 2.37. The van der Waals surface area contributed by atoms with E-state index in [9.17, 15) is 72.5 Å². The Hall–Kier alpha value is -12.4. The summed E-state index contributed by atoms with van der Waals surface area (Å²) in [5.74, 6) is -15.3. The number of phenolic OH excluding ortho intramolecular Hbond substituents is 1. The number of guanidine groups is 6.